The summed E-state index contributed by atoms with van der Waals surface area (Å²) < 4.78 is 5.58. The second-order valence-electron chi connectivity index (χ2n) is 6.17. The Morgan fingerprint density at radius 2 is 2.04 bits per heavy atom. The van der Waals surface area contributed by atoms with Gasteiger partial charge in [0, 0.05) is 52.1 Å². The summed E-state index contributed by atoms with van der Waals surface area (Å²) in [6.07, 6.45) is 3.11. The molecule has 1 aromatic rings. The van der Waals surface area contributed by atoms with Gasteiger partial charge in [-0.25, -0.2) is 4.98 Å². The van der Waals surface area contributed by atoms with Crippen molar-refractivity contribution in [1.82, 2.24) is 15.2 Å². The highest BCUT2D eigenvalue weighted by molar-refractivity contribution is 14.0. The van der Waals surface area contributed by atoms with Crippen LogP contribution in [0.2, 0.25) is 0 Å². The van der Waals surface area contributed by atoms with Crippen LogP contribution in [-0.4, -0.2) is 67.8 Å². The largest absolute Gasteiger partial charge is 0.379 e. The molecule has 1 saturated heterocycles. The van der Waals surface area contributed by atoms with Gasteiger partial charge < -0.3 is 19.9 Å². The van der Waals surface area contributed by atoms with Crippen molar-refractivity contribution in [3.05, 3.63) is 24.4 Å². The van der Waals surface area contributed by atoms with E-state index in [2.05, 4.69) is 46.9 Å². The van der Waals surface area contributed by atoms with E-state index in [1.165, 1.54) is 0 Å². The van der Waals surface area contributed by atoms with E-state index in [9.17, 15) is 0 Å². The highest BCUT2D eigenvalue weighted by atomic mass is 127. The van der Waals surface area contributed by atoms with Gasteiger partial charge in [0.15, 0.2) is 5.96 Å². The Bertz CT molecular complexity index is 489. The molecule has 0 radical (unpaired) electrons. The van der Waals surface area contributed by atoms with Crippen molar-refractivity contribution in [2.24, 2.45) is 4.99 Å². The monoisotopic (exact) mass is 461 g/mol. The SMILES string of the molecule is CCNC(=NCCCOC(C)C)N1CCN(c2ccccn2)CC1.I. The van der Waals surface area contributed by atoms with Gasteiger partial charge in [-0.05, 0) is 39.3 Å². The molecular weight excluding hydrogens is 429 g/mol. The van der Waals surface area contributed by atoms with Gasteiger partial charge in [-0.15, -0.1) is 24.0 Å². The van der Waals surface area contributed by atoms with Gasteiger partial charge in [0.25, 0.3) is 0 Å². The van der Waals surface area contributed by atoms with Crippen molar-refractivity contribution in [3.63, 3.8) is 0 Å². The predicted octanol–water partition coefficient (Wildman–Crippen LogP) is 2.60. The Labute approximate surface area is 169 Å². The average molecular weight is 461 g/mol. The quantitative estimate of drug-likeness (QED) is 0.293. The number of anilines is 1. The third kappa shape index (κ3) is 7.77. The molecular formula is C18H32IN5O. The molecule has 0 bridgehead atoms. The molecule has 1 N–H and O–H groups in total. The van der Waals surface area contributed by atoms with Crippen LogP contribution in [-0.2, 0) is 4.74 Å². The molecule has 2 heterocycles. The predicted molar refractivity (Wildman–Crippen MR) is 115 cm³/mol. The molecule has 1 aliphatic rings. The van der Waals surface area contributed by atoms with Crippen molar-refractivity contribution in [1.29, 1.82) is 0 Å². The smallest absolute Gasteiger partial charge is 0.194 e. The molecule has 7 heteroatoms. The summed E-state index contributed by atoms with van der Waals surface area (Å²) >= 11 is 0. The van der Waals surface area contributed by atoms with Crippen LogP contribution in [0.15, 0.2) is 29.4 Å². The number of aromatic nitrogens is 1. The maximum Gasteiger partial charge on any atom is 0.194 e. The first-order valence-electron chi connectivity index (χ1n) is 9.01. The maximum absolute atomic E-state index is 5.58. The van der Waals surface area contributed by atoms with Crippen LogP contribution in [0.4, 0.5) is 5.82 Å². The molecule has 25 heavy (non-hydrogen) atoms. The van der Waals surface area contributed by atoms with E-state index in [-0.39, 0.29) is 24.0 Å². The second-order valence-corrected chi connectivity index (χ2v) is 6.17. The number of hydrogen-bond acceptors (Lipinski definition) is 4. The topological polar surface area (TPSA) is 53.0 Å². The third-order valence-electron chi connectivity index (χ3n) is 3.90. The maximum atomic E-state index is 5.58. The molecule has 6 nitrogen and oxygen atoms in total. The normalized spacial score (nSPS) is 15.3. The van der Waals surface area contributed by atoms with Gasteiger partial charge in [-0.1, -0.05) is 6.07 Å². The molecule has 142 valence electrons. The number of hydrogen-bond donors (Lipinski definition) is 1. The molecule has 0 amide bonds. The first-order valence-corrected chi connectivity index (χ1v) is 9.01. The standard InChI is InChI=1S/C18H31N5O.HI/c1-4-19-18(21-10-7-15-24-16(2)3)23-13-11-22(12-14-23)17-8-5-6-9-20-17;/h5-6,8-9,16H,4,7,10-15H2,1-3H3,(H,19,21);1H. The minimum atomic E-state index is 0. The summed E-state index contributed by atoms with van der Waals surface area (Å²) in [6.45, 7) is 12.6. The van der Waals surface area contributed by atoms with Crippen LogP contribution in [0.3, 0.4) is 0 Å². The Kier molecular flexibility index (Phi) is 10.8. The molecule has 0 aromatic carbocycles. The Hall–Kier alpha value is -1.09. The number of piperazine rings is 1. The molecule has 2 rings (SSSR count). The minimum Gasteiger partial charge on any atom is -0.379 e. The Balaban J connectivity index is 0.00000312. The number of halogens is 1. The Morgan fingerprint density at radius 1 is 1.28 bits per heavy atom. The first kappa shape index (κ1) is 22.0. The summed E-state index contributed by atoms with van der Waals surface area (Å²) in [7, 11) is 0. The number of aliphatic imine (C=N–C) groups is 1. The van der Waals surface area contributed by atoms with Gasteiger partial charge in [0.2, 0.25) is 0 Å². The Morgan fingerprint density at radius 3 is 2.64 bits per heavy atom. The van der Waals surface area contributed by atoms with Gasteiger partial charge >= 0.3 is 0 Å². The molecule has 1 fully saturated rings. The number of nitrogens with one attached hydrogen (secondary N) is 1. The molecule has 0 aliphatic carbocycles. The van der Waals surface area contributed by atoms with E-state index in [0.717, 1.165) is 64.1 Å². The van der Waals surface area contributed by atoms with Crippen molar-refractivity contribution < 1.29 is 4.74 Å². The summed E-state index contributed by atoms with van der Waals surface area (Å²) in [5.74, 6) is 2.08. The van der Waals surface area contributed by atoms with Gasteiger partial charge in [-0.3, -0.25) is 4.99 Å². The number of guanidine groups is 1. The molecule has 0 unspecified atom stereocenters. The summed E-state index contributed by atoms with van der Waals surface area (Å²) in [6, 6.07) is 6.07. The number of nitrogens with zero attached hydrogens (tertiary/aromatic N) is 4. The molecule has 1 aliphatic heterocycles. The summed E-state index contributed by atoms with van der Waals surface area (Å²) in [5, 5.41) is 3.41. The lowest BCUT2D eigenvalue weighted by molar-refractivity contribution is 0.0782. The number of pyridine rings is 1. The van der Waals surface area contributed by atoms with E-state index in [1.807, 2.05) is 18.3 Å². The van der Waals surface area contributed by atoms with Crippen molar-refractivity contribution in [2.45, 2.75) is 33.3 Å². The van der Waals surface area contributed by atoms with Crippen LogP contribution in [0.25, 0.3) is 0 Å². The highest BCUT2D eigenvalue weighted by Crippen LogP contribution is 2.12. The zero-order valence-corrected chi connectivity index (χ0v) is 18.0. The molecule has 0 spiro atoms. The van der Waals surface area contributed by atoms with Gasteiger partial charge in [0.05, 0.1) is 6.10 Å². The minimum absolute atomic E-state index is 0. The third-order valence-corrected chi connectivity index (χ3v) is 3.90. The fourth-order valence-electron chi connectivity index (χ4n) is 2.68. The van der Waals surface area contributed by atoms with E-state index in [4.69, 9.17) is 9.73 Å². The van der Waals surface area contributed by atoms with Crippen LogP contribution < -0.4 is 10.2 Å². The lowest BCUT2D eigenvalue weighted by Crippen LogP contribution is -2.52. The highest BCUT2D eigenvalue weighted by Gasteiger charge is 2.20. The lowest BCUT2D eigenvalue weighted by atomic mass is 10.3. The van der Waals surface area contributed by atoms with Gasteiger partial charge in [-0.2, -0.15) is 0 Å². The lowest BCUT2D eigenvalue weighted by Gasteiger charge is -2.37. The molecule has 0 atom stereocenters. The number of rotatable bonds is 7. The van der Waals surface area contributed by atoms with Crippen molar-refractivity contribution >= 4 is 35.8 Å². The summed E-state index contributed by atoms with van der Waals surface area (Å²) in [5.41, 5.74) is 0. The van der Waals surface area contributed by atoms with Crippen LogP contribution >= 0.6 is 24.0 Å². The van der Waals surface area contributed by atoms with E-state index >= 15 is 0 Å². The van der Waals surface area contributed by atoms with Crippen LogP contribution in [0, 0.1) is 0 Å². The van der Waals surface area contributed by atoms with Crippen LogP contribution in [0.5, 0.6) is 0 Å². The molecule has 1 aromatic heterocycles. The van der Waals surface area contributed by atoms with Crippen molar-refractivity contribution in [2.75, 3.05) is 50.8 Å². The van der Waals surface area contributed by atoms with Crippen molar-refractivity contribution in [3.8, 4) is 0 Å². The average Bonchev–Trinajstić information content (AvgIpc) is 2.61. The van der Waals surface area contributed by atoms with E-state index in [0.29, 0.717) is 6.10 Å². The van der Waals surface area contributed by atoms with E-state index < -0.39 is 0 Å². The zero-order chi connectivity index (χ0) is 17.2. The fraction of sp³-hybridized carbons (Fsp3) is 0.667. The molecule has 0 saturated carbocycles. The zero-order valence-electron chi connectivity index (χ0n) is 15.6. The fourth-order valence-corrected chi connectivity index (χ4v) is 2.68. The second kappa shape index (κ2) is 12.3. The van der Waals surface area contributed by atoms with Gasteiger partial charge in [0.1, 0.15) is 5.82 Å². The van der Waals surface area contributed by atoms with E-state index in [1.54, 1.807) is 0 Å². The number of ether oxygens (including phenoxy) is 1. The summed E-state index contributed by atoms with van der Waals surface area (Å²) in [4.78, 5) is 13.9. The van der Waals surface area contributed by atoms with Crippen LogP contribution in [0.1, 0.15) is 27.2 Å². The first-order chi connectivity index (χ1) is 11.7.